The van der Waals surface area contributed by atoms with Gasteiger partial charge in [-0.15, -0.1) is 0 Å². The van der Waals surface area contributed by atoms with Crippen LogP contribution in [0.4, 0.5) is 0 Å². The summed E-state index contributed by atoms with van der Waals surface area (Å²) in [6.45, 7) is 7.05. The van der Waals surface area contributed by atoms with E-state index in [0.717, 1.165) is 6.04 Å². The molecule has 0 aliphatic carbocycles. The number of nitrogens with zero attached hydrogens (tertiary/aromatic N) is 1. The first-order valence-corrected chi connectivity index (χ1v) is 13.0. The fourth-order valence-electron chi connectivity index (χ4n) is 2.89. The maximum absolute atomic E-state index is 2.44. The summed E-state index contributed by atoms with van der Waals surface area (Å²) in [5, 5.41) is 0. The van der Waals surface area contributed by atoms with Crippen molar-refractivity contribution in [3.05, 3.63) is 0 Å². The molecule has 102 valence electrons. The van der Waals surface area contributed by atoms with Crippen LogP contribution in [0.25, 0.3) is 0 Å². The molecule has 0 radical (unpaired) electrons. The quantitative estimate of drug-likeness (QED) is 0.495. The molecule has 0 aliphatic heterocycles. The van der Waals surface area contributed by atoms with E-state index in [-0.39, 0.29) is 0 Å². The summed E-state index contributed by atoms with van der Waals surface area (Å²) in [6.07, 6.45) is 8.54. The summed E-state index contributed by atoms with van der Waals surface area (Å²) >= 11 is -0.838. The van der Waals surface area contributed by atoms with Crippen molar-refractivity contribution in [3.8, 4) is 0 Å². The molecule has 2 heteroatoms. The average molecular weight is 298 g/mol. The van der Waals surface area contributed by atoms with E-state index in [1.54, 1.807) is 14.9 Å². The number of hydrogen-bond acceptors (Lipinski definition) is 1. The second kappa shape index (κ2) is 11.7. The molecule has 0 bridgehead atoms. The molecule has 0 aliphatic rings. The van der Waals surface area contributed by atoms with Gasteiger partial charge in [-0.25, -0.2) is 0 Å². The Hall–Kier alpha value is 0.596. The molecule has 0 fully saturated rings. The summed E-state index contributed by atoms with van der Waals surface area (Å²) in [5.41, 5.74) is 0. The maximum atomic E-state index is 2.44. The van der Waals surface area contributed by atoms with Crippen LogP contribution < -0.4 is 0 Å². The molecule has 0 spiro atoms. The zero-order valence-electron chi connectivity index (χ0n) is 13.0. The molecule has 0 aromatic heterocycles. The molecule has 17 heavy (non-hydrogen) atoms. The molecule has 0 amide bonds. The Morgan fingerprint density at radius 1 is 0.824 bits per heavy atom. The van der Waals surface area contributed by atoms with E-state index in [1.165, 1.54) is 38.5 Å². The van der Waals surface area contributed by atoms with Crippen LogP contribution in [0.15, 0.2) is 0 Å². The number of rotatable bonds is 11. The molecule has 0 heterocycles. The molecular formula is C15H34GaN. The van der Waals surface area contributed by atoms with E-state index in [1.807, 2.05) is 0 Å². The van der Waals surface area contributed by atoms with Gasteiger partial charge in [0, 0.05) is 0 Å². The van der Waals surface area contributed by atoms with Gasteiger partial charge in [-0.2, -0.15) is 0 Å². The molecule has 0 N–H and O–H groups in total. The molecule has 0 rings (SSSR count). The normalized spacial score (nSPS) is 13.1. The van der Waals surface area contributed by atoms with Gasteiger partial charge in [0.1, 0.15) is 0 Å². The van der Waals surface area contributed by atoms with E-state index in [2.05, 4.69) is 39.8 Å². The van der Waals surface area contributed by atoms with Crippen LogP contribution in [-0.2, 0) is 0 Å². The van der Waals surface area contributed by atoms with Crippen molar-refractivity contribution in [2.24, 2.45) is 0 Å². The standard InChI is InChI=1S/C9H20N.2C3H7.Ga/c1-5-7-9(8-6-2)10(3)4;2*1-3-2;/h9H,1,5-8H2,2-4H3;2*1,3H2,2H3;. The van der Waals surface area contributed by atoms with Gasteiger partial charge in [0.25, 0.3) is 0 Å². The van der Waals surface area contributed by atoms with Gasteiger partial charge in [0.2, 0.25) is 0 Å². The Balaban J connectivity index is 3.82. The Morgan fingerprint density at radius 2 is 1.41 bits per heavy atom. The van der Waals surface area contributed by atoms with E-state index in [4.69, 9.17) is 0 Å². The third-order valence-corrected chi connectivity index (χ3v) is 12.3. The van der Waals surface area contributed by atoms with Crippen LogP contribution >= 0.6 is 0 Å². The minimum atomic E-state index is -0.838. The first-order valence-electron chi connectivity index (χ1n) is 7.82. The van der Waals surface area contributed by atoms with Crippen molar-refractivity contribution in [1.29, 1.82) is 0 Å². The Labute approximate surface area is 115 Å². The molecule has 0 aromatic rings. The van der Waals surface area contributed by atoms with Crippen LogP contribution in [0, 0.1) is 0 Å². The second-order valence-electron chi connectivity index (χ2n) is 5.78. The summed E-state index contributed by atoms with van der Waals surface area (Å²) in [6, 6.07) is 0.839. The first kappa shape index (κ1) is 17.6. The van der Waals surface area contributed by atoms with Gasteiger partial charge < -0.3 is 0 Å². The van der Waals surface area contributed by atoms with E-state index < -0.39 is 16.2 Å². The second-order valence-corrected chi connectivity index (χ2v) is 13.0. The van der Waals surface area contributed by atoms with Crippen molar-refractivity contribution in [2.45, 2.75) is 80.3 Å². The first-order chi connectivity index (χ1) is 8.15. The summed E-state index contributed by atoms with van der Waals surface area (Å²) in [4.78, 5) is 7.33. The van der Waals surface area contributed by atoms with Crippen molar-refractivity contribution < 1.29 is 0 Å². The van der Waals surface area contributed by atoms with Gasteiger partial charge in [0.05, 0.1) is 0 Å². The zero-order valence-corrected chi connectivity index (χ0v) is 15.4. The molecule has 1 nitrogen and oxygen atoms in total. The molecule has 0 aromatic carbocycles. The summed E-state index contributed by atoms with van der Waals surface area (Å²) in [5.74, 6) is 0. The van der Waals surface area contributed by atoms with Crippen LogP contribution in [0.5, 0.6) is 0 Å². The minimum absolute atomic E-state index is 0.838. The van der Waals surface area contributed by atoms with E-state index >= 15 is 0 Å². The summed E-state index contributed by atoms with van der Waals surface area (Å²) in [7, 11) is 4.49. The predicted molar refractivity (Wildman–Crippen MR) is 82.4 cm³/mol. The van der Waals surface area contributed by atoms with Gasteiger partial charge in [-0.05, 0) is 0 Å². The van der Waals surface area contributed by atoms with Crippen molar-refractivity contribution in [2.75, 3.05) is 14.1 Å². The Morgan fingerprint density at radius 3 is 1.82 bits per heavy atom. The summed E-state index contributed by atoms with van der Waals surface area (Å²) < 4.78 is 0. The third-order valence-electron chi connectivity index (χ3n) is 3.90. The van der Waals surface area contributed by atoms with E-state index in [9.17, 15) is 0 Å². The van der Waals surface area contributed by atoms with Crippen LogP contribution in [0.1, 0.15) is 59.3 Å². The third kappa shape index (κ3) is 9.21. The zero-order chi connectivity index (χ0) is 13.1. The fourth-order valence-corrected chi connectivity index (χ4v) is 9.83. The average Bonchev–Trinajstić information content (AvgIpc) is 2.28. The Kier molecular flexibility index (Phi) is 12.1. The van der Waals surface area contributed by atoms with Gasteiger partial charge in [-0.1, -0.05) is 0 Å². The van der Waals surface area contributed by atoms with E-state index in [0.29, 0.717) is 0 Å². The molecule has 0 saturated heterocycles. The molecule has 0 saturated carbocycles. The Bertz CT molecular complexity index is 153. The van der Waals surface area contributed by atoms with Gasteiger partial charge in [0.15, 0.2) is 0 Å². The van der Waals surface area contributed by atoms with Crippen LogP contribution in [-0.4, -0.2) is 41.3 Å². The molecule has 1 atom stereocenters. The van der Waals surface area contributed by atoms with Crippen molar-refractivity contribution >= 4 is 16.2 Å². The SMILES string of the molecule is CCCC(CC[CH2][Ga]([CH2]CC)[CH2]CC)N(C)C. The molecular weight excluding hydrogens is 264 g/mol. The monoisotopic (exact) mass is 297 g/mol. The number of hydrogen-bond donors (Lipinski definition) is 0. The fraction of sp³-hybridized carbons (Fsp3) is 1.00. The van der Waals surface area contributed by atoms with Gasteiger partial charge in [-0.3, -0.25) is 0 Å². The predicted octanol–water partition coefficient (Wildman–Crippen LogP) is 4.81. The van der Waals surface area contributed by atoms with Crippen molar-refractivity contribution in [1.82, 2.24) is 4.90 Å². The molecule has 1 unspecified atom stereocenters. The van der Waals surface area contributed by atoms with Crippen molar-refractivity contribution in [3.63, 3.8) is 0 Å². The van der Waals surface area contributed by atoms with Crippen LogP contribution in [0.2, 0.25) is 14.9 Å². The van der Waals surface area contributed by atoms with Gasteiger partial charge >= 0.3 is 115 Å². The topological polar surface area (TPSA) is 3.24 Å². The van der Waals surface area contributed by atoms with Crippen LogP contribution in [0.3, 0.4) is 0 Å².